The van der Waals surface area contributed by atoms with Gasteiger partial charge in [-0.15, -0.1) is 0 Å². The van der Waals surface area contributed by atoms with Crippen LogP contribution in [0.4, 0.5) is 13.2 Å². The molecule has 0 amide bonds. The minimum atomic E-state index is -4.34. The number of carbonyl (C=O) groups is 1. The lowest BCUT2D eigenvalue weighted by atomic mass is 10.2. The summed E-state index contributed by atoms with van der Waals surface area (Å²) in [5.41, 5.74) is 0. The number of alkyl halides is 3. The Morgan fingerprint density at radius 3 is 2.41 bits per heavy atom. The first-order chi connectivity index (χ1) is 7.70. The van der Waals surface area contributed by atoms with E-state index in [1.165, 1.54) is 0 Å². The summed E-state index contributed by atoms with van der Waals surface area (Å²) >= 11 is 0. The smallest absolute Gasteiger partial charge is 0.411 e. The highest BCUT2D eigenvalue weighted by Crippen LogP contribution is 2.14. The molecule has 0 radical (unpaired) electrons. The van der Waals surface area contributed by atoms with E-state index in [4.69, 9.17) is 5.11 Å². The van der Waals surface area contributed by atoms with Crippen molar-refractivity contribution in [2.45, 2.75) is 20.0 Å². The number of carboxylic acid groups (broad SMARTS) is 1. The molecule has 0 atom stereocenters. The van der Waals surface area contributed by atoms with Crippen molar-refractivity contribution in [1.82, 2.24) is 4.90 Å². The molecule has 0 aliphatic rings. The Labute approximate surface area is 98.3 Å². The zero-order valence-electron chi connectivity index (χ0n) is 9.96. The number of nitrogens with zero attached hydrogens (tertiary/aromatic N) is 1. The molecule has 0 fully saturated rings. The number of ether oxygens (including phenoxy) is 1. The van der Waals surface area contributed by atoms with Crippen LogP contribution in [0.25, 0.3) is 0 Å². The van der Waals surface area contributed by atoms with Crippen LogP contribution in [-0.2, 0) is 9.53 Å². The van der Waals surface area contributed by atoms with Gasteiger partial charge in [-0.1, -0.05) is 13.8 Å². The minimum absolute atomic E-state index is 0.125. The molecule has 0 rings (SSSR count). The summed E-state index contributed by atoms with van der Waals surface area (Å²) in [6, 6.07) is 0. The number of carboxylic acids is 1. The van der Waals surface area contributed by atoms with Crippen LogP contribution < -0.4 is 0 Å². The normalized spacial score (nSPS) is 12.4. The third kappa shape index (κ3) is 11.4. The minimum Gasteiger partial charge on any atom is -0.480 e. The molecule has 0 aliphatic carbocycles. The first kappa shape index (κ1) is 16.2. The highest BCUT2D eigenvalue weighted by Gasteiger charge is 2.27. The molecule has 4 nitrogen and oxygen atoms in total. The van der Waals surface area contributed by atoms with Crippen molar-refractivity contribution < 1.29 is 27.8 Å². The maximum absolute atomic E-state index is 11.8. The molecule has 0 saturated heterocycles. The molecule has 0 aromatic carbocycles. The van der Waals surface area contributed by atoms with Crippen LogP contribution in [0.5, 0.6) is 0 Å². The summed E-state index contributed by atoms with van der Waals surface area (Å²) in [6.45, 7) is 2.90. The largest absolute Gasteiger partial charge is 0.480 e. The van der Waals surface area contributed by atoms with Crippen molar-refractivity contribution >= 4 is 5.97 Å². The molecule has 102 valence electrons. The first-order valence-electron chi connectivity index (χ1n) is 5.29. The highest BCUT2D eigenvalue weighted by molar-refractivity contribution is 5.69. The van der Waals surface area contributed by atoms with Gasteiger partial charge in [0.05, 0.1) is 13.2 Å². The second-order valence-corrected chi connectivity index (χ2v) is 4.19. The van der Waals surface area contributed by atoms with Crippen molar-refractivity contribution in [1.29, 1.82) is 0 Å². The monoisotopic (exact) mass is 257 g/mol. The van der Waals surface area contributed by atoms with E-state index in [0.717, 1.165) is 0 Å². The Hall–Kier alpha value is -0.820. The Bertz CT molecular complexity index is 231. The van der Waals surface area contributed by atoms with Gasteiger partial charge in [0.2, 0.25) is 0 Å². The topological polar surface area (TPSA) is 49.8 Å². The van der Waals surface area contributed by atoms with Crippen LogP contribution >= 0.6 is 0 Å². The van der Waals surface area contributed by atoms with Crippen LogP contribution in [0.1, 0.15) is 13.8 Å². The van der Waals surface area contributed by atoms with Crippen LogP contribution in [0.15, 0.2) is 0 Å². The Morgan fingerprint density at radius 1 is 1.41 bits per heavy atom. The van der Waals surface area contributed by atoms with Gasteiger partial charge in [-0.05, 0) is 5.92 Å². The molecule has 7 heteroatoms. The molecule has 0 aromatic rings. The molecule has 0 unspecified atom stereocenters. The molecule has 0 aliphatic heterocycles. The molecular weight excluding hydrogens is 239 g/mol. The summed E-state index contributed by atoms with van der Waals surface area (Å²) in [6.07, 6.45) is -4.34. The van der Waals surface area contributed by atoms with E-state index < -0.39 is 18.8 Å². The molecule has 0 heterocycles. The summed E-state index contributed by atoms with van der Waals surface area (Å²) in [5, 5.41) is 8.62. The highest BCUT2D eigenvalue weighted by atomic mass is 19.4. The molecule has 0 spiro atoms. The lowest BCUT2D eigenvalue weighted by Gasteiger charge is -2.22. The van der Waals surface area contributed by atoms with E-state index in [0.29, 0.717) is 6.54 Å². The summed E-state index contributed by atoms with van der Waals surface area (Å²) in [4.78, 5) is 12.1. The van der Waals surface area contributed by atoms with Crippen LogP contribution in [0.3, 0.4) is 0 Å². The maximum Gasteiger partial charge on any atom is 0.411 e. The predicted octanol–water partition coefficient (Wildman–Crippen LogP) is 1.61. The number of halogens is 3. The van der Waals surface area contributed by atoms with Crippen LogP contribution in [0.2, 0.25) is 0 Å². The second kappa shape index (κ2) is 7.50. The van der Waals surface area contributed by atoms with Gasteiger partial charge in [0.1, 0.15) is 6.61 Å². The summed E-state index contributed by atoms with van der Waals surface area (Å²) in [5.74, 6) is -0.751. The van der Waals surface area contributed by atoms with Crippen molar-refractivity contribution in [3.8, 4) is 0 Å². The maximum atomic E-state index is 11.8. The zero-order valence-corrected chi connectivity index (χ0v) is 9.96. The van der Waals surface area contributed by atoms with Gasteiger partial charge in [0, 0.05) is 13.1 Å². The fraction of sp³-hybridized carbons (Fsp3) is 0.900. The zero-order chi connectivity index (χ0) is 13.5. The lowest BCUT2D eigenvalue weighted by Crippen LogP contribution is -2.36. The average molecular weight is 257 g/mol. The van der Waals surface area contributed by atoms with Gasteiger partial charge >= 0.3 is 12.1 Å². The number of hydrogen-bond donors (Lipinski definition) is 1. The van der Waals surface area contributed by atoms with Crippen molar-refractivity contribution in [3.63, 3.8) is 0 Å². The lowest BCUT2D eigenvalue weighted by molar-refractivity contribution is -0.175. The summed E-state index contributed by atoms with van der Waals surface area (Å²) < 4.78 is 39.7. The van der Waals surface area contributed by atoms with E-state index in [2.05, 4.69) is 4.74 Å². The van der Waals surface area contributed by atoms with Gasteiger partial charge in [-0.2, -0.15) is 13.2 Å². The SMILES string of the molecule is CC(C)CN(CCOCC(F)(F)F)CC(=O)O. The first-order valence-corrected chi connectivity index (χ1v) is 5.29. The Balaban J connectivity index is 3.87. The Kier molecular flexibility index (Phi) is 7.13. The van der Waals surface area contributed by atoms with Gasteiger partial charge in [0.15, 0.2) is 0 Å². The fourth-order valence-corrected chi connectivity index (χ4v) is 1.32. The quantitative estimate of drug-likeness (QED) is 0.671. The van der Waals surface area contributed by atoms with Crippen LogP contribution in [-0.4, -0.2) is 55.0 Å². The average Bonchev–Trinajstić information content (AvgIpc) is 2.08. The molecule has 1 N–H and O–H groups in total. The molecular formula is C10H18F3NO3. The molecule has 0 saturated carbocycles. The van der Waals surface area contributed by atoms with Gasteiger partial charge in [-0.3, -0.25) is 9.69 Å². The van der Waals surface area contributed by atoms with E-state index in [-0.39, 0.29) is 25.6 Å². The Morgan fingerprint density at radius 2 is 2.00 bits per heavy atom. The standard InChI is InChI=1S/C10H18F3NO3/c1-8(2)5-14(6-9(15)16)3-4-17-7-10(11,12)13/h8H,3-7H2,1-2H3,(H,15,16). The third-order valence-corrected chi connectivity index (χ3v) is 1.80. The van der Waals surface area contributed by atoms with Crippen molar-refractivity contribution in [2.75, 3.05) is 32.8 Å². The van der Waals surface area contributed by atoms with Gasteiger partial charge in [-0.25, -0.2) is 0 Å². The van der Waals surface area contributed by atoms with Gasteiger partial charge < -0.3 is 9.84 Å². The fourth-order valence-electron chi connectivity index (χ4n) is 1.32. The second-order valence-electron chi connectivity index (χ2n) is 4.19. The predicted molar refractivity (Wildman–Crippen MR) is 55.8 cm³/mol. The van der Waals surface area contributed by atoms with E-state index in [1.807, 2.05) is 13.8 Å². The number of hydrogen-bond acceptors (Lipinski definition) is 3. The van der Waals surface area contributed by atoms with Crippen molar-refractivity contribution in [2.24, 2.45) is 5.92 Å². The molecule has 0 bridgehead atoms. The number of aliphatic carboxylic acids is 1. The summed E-state index contributed by atoms with van der Waals surface area (Å²) in [7, 11) is 0. The van der Waals surface area contributed by atoms with E-state index in [9.17, 15) is 18.0 Å². The molecule has 17 heavy (non-hydrogen) atoms. The molecule has 0 aromatic heterocycles. The van der Waals surface area contributed by atoms with Gasteiger partial charge in [0.25, 0.3) is 0 Å². The number of rotatable bonds is 8. The van der Waals surface area contributed by atoms with Crippen LogP contribution in [0, 0.1) is 5.92 Å². The third-order valence-electron chi connectivity index (χ3n) is 1.80. The van der Waals surface area contributed by atoms with E-state index in [1.54, 1.807) is 4.90 Å². The van der Waals surface area contributed by atoms with Crippen molar-refractivity contribution in [3.05, 3.63) is 0 Å². The van der Waals surface area contributed by atoms with E-state index >= 15 is 0 Å².